The van der Waals surface area contributed by atoms with E-state index in [4.69, 9.17) is 62.8 Å². The molecule has 25 heteroatoms. The van der Waals surface area contributed by atoms with Crippen molar-refractivity contribution in [2.24, 2.45) is 18.9 Å². The van der Waals surface area contributed by atoms with Gasteiger partial charge in [0.1, 0.15) is 11.4 Å². The molecule has 452 valence electrons. The van der Waals surface area contributed by atoms with Gasteiger partial charge in [-0.25, -0.2) is 14.4 Å². The minimum absolute atomic E-state index is 0.0368. The number of ether oxygens (including phenoxy) is 4. The fraction of sp³-hybridized carbons (Fsp3) is 0.355. The van der Waals surface area contributed by atoms with Gasteiger partial charge in [-0.2, -0.15) is 0 Å². The van der Waals surface area contributed by atoms with E-state index in [1.165, 1.54) is 37.0 Å². The zero-order valence-corrected chi connectivity index (χ0v) is 50.0. The van der Waals surface area contributed by atoms with Gasteiger partial charge in [-0.3, -0.25) is 47.5 Å². The van der Waals surface area contributed by atoms with Gasteiger partial charge in [-0.15, -0.1) is 0 Å². The maximum absolute atomic E-state index is 15.7. The Bertz CT molecular complexity index is 4050. The summed E-state index contributed by atoms with van der Waals surface area (Å²) < 4.78 is 42.2. The second kappa shape index (κ2) is 24.9. The molecule has 3 fully saturated rings. The van der Waals surface area contributed by atoms with Crippen LogP contribution in [0.3, 0.4) is 0 Å². The Morgan fingerprint density at radius 3 is 1.90 bits per heavy atom. The summed E-state index contributed by atoms with van der Waals surface area (Å²) in [6, 6.07) is 21.7. The van der Waals surface area contributed by atoms with Crippen molar-refractivity contribution in [2.45, 2.75) is 82.1 Å². The van der Waals surface area contributed by atoms with E-state index in [0.717, 1.165) is 54.3 Å². The number of H-pyrrole nitrogens is 3. The lowest BCUT2D eigenvalue weighted by atomic mass is 9.89. The number of hydrogen-bond acceptors (Lipinski definition) is 15. The molecule has 87 heavy (non-hydrogen) atoms. The number of aromatic nitrogens is 7. The molecule has 0 spiro atoms. The lowest BCUT2D eigenvalue weighted by molar-refractivity contribution is -0.875. The smallest absolute Gasteiger partial charge is 0.439 e. The number of hydrogen-bond donors (Lipinski definition) is 4. The third-order valence-corrected chi connectivity index (χ3v) is 17.2. The van der Waals surface area contributed by atoms with Gasteiger partial charge < -0.3 is 28.8 Å². The summed E-state index contributed by atoms with van der Waals surface area (Å²) in [7, 11) is 5.75. The lowest BCUT2D eigenvalue weighted by Crippen LogP contribution is -2.62. The van der Waals surface area contributed by atoms with Crippen LogP contribution in [0.5, 0.6) is 5.75 Å². The van der Waals surface area contributed by atoms with Gasteiger partial charge in [0.15, 0.2) is 29.2 Å². The molecular formula is C62H62Cl3N10O12+. The molecule has 3 atom stereocenters. The Labute approximate surface area is 512 Å². The first-order valence-corrected chi connectivity index (χ1v) is 29.9. The van der Waals surface area contributed by atoms with E-state index in [1.54, 1.807) is 54.6 Å². The highest BCUT2D eigenvalue weighted by atomic mass is 35.5. The van der Waals surface area contributed by atoms with E-state index in [0.29, 0.717) is 76.0 Å². The van der Waals surface area contributed by atoms with Gasteiger partial charge in [0.25, 0.3) is 5.91 Å². The Hall–Kier alpha value is -8.09. The first-order chi connectivity index (χ1) is 42.0. The van der Waals surface area contributed by atoms with E-state index < -0.39 is 35.0 Å². The molecule has 6 heterocycles. The van der Waals surface area contributed by atoms with E-state index in [1.807, 2.05) is 74.3 Å². The second-order valence-corrected chi connectivity index (χ2v) is 24.1. The van der Waals surface area contributed by atoms with Gasteiger partial charge in [0.2, 0.25) is 5.79 Å². The molecule has 13 rings (SSSR count). The van der Waals surface area contributed by atoms with Crippen molar-refractivity contribution < 1.29 is 46.6 Å². The molecule has 2 aliphatic heterocycles. The van der Waals surface area contributed by atoms with Crippen LogP contribution in [0.15, 0.2) is 142 Å². The normalized spacial score (nSPS) is 19.9. The van der Waals surface area contributed by atoms with Gasteiger partial charge >= 0.3 is 23.2 Å². The van der Waals surface area contributed by atoms with Crippen LogP contribution in [0, 0.1) is 11.8 Å². The summed E-state index contributed by atoms with van der Waals surface area (Å²) in [6.45, 7) is 2.23. The molecule has 2 saturated carbocycles. The largest absolute Gasteiger partial charge is 0.491 e. The Kier molecular flexibility index (Phi) is 17.0. The lowest BCUT2D eigenvalue weighted by Gasteiger charge is -2.46. The number of halogens is 3. The van der Waals surface area contributed by atoms with Crippen LogP contribution in [-0.2, 0) is 26.1 Å². The van der Waals surface area contributed by atoms with Crippen molar-refractivity contribution in [3.63, 3.8) is 0 Å². The fourth-order valence-corrected chi connectivity index (χ4v) is 12.5. The maximum atomic E-state index is 15.7. The fourth-order valence-electron chi connectivity index (χ4n) is 12.0. The first-order valence-electron chi connectivity index (χ1n) is 28.8. The number of benzene rings is 4. The van der Waals surface area contributed by atoms with Crippen LogP contribution in [0.4, 0.5) is 17.1 Å². The predicted molar refractivity (Wildman–Crippen MR) is 325 cm³/mol. The number of carbonyl (C=O) groups excluding carboxylic acids is 2. The minimum atomic E-state index is -1.22. The average molecular weight is 1250 g/mol. The number of fused-ring (bicyclic) bond motifs is 2. The van der Waals surface area contributed by atoms with E-state index >= 15 is 4.79 Å². The van der Waals surface area contributed by atoms with Crippen molar-refractivity contribution in [1.29, 1.82) is 0 Å². The number of amides is 2. The Balaban J connectivity index is 0.000000200. The van der Waals surface area contributed by atoms with Crippen LogP contribution >= 0.6 is 34.8 Å². The number of anilines is 3. The molecule has 4 aromatic carbocycles. The van der Waals surface area contributed by atoms with Gasteiger partial charge in [-0.05, 0) is 130 Å². The molecule has 3 aliphatic carbocycles. The van der Waals surface area contributed by atoms with Gasteiger partial charge in [-0.1, -0.05) is 93.8 Å². The average Bonchev–Trinajstić information content (AvgIpc) is 1.62. The number of nitrogens with one attached hydrogen (secondary N) is 4. The second-order valence-electron chi connectivity index (χ2n) is 22.8. The van der Waals surface area contributed by atoms with Crippen molar-refractivity contribution in [3.8, 4) is 39.9 Å². The molecule has 5 aliphatic rings. The molecule has 3 unspecified atom stereocenters. The summed E-state index contributed by atoms with van der Waals surface area (Å²) >= 11 is 19.1. The summed E-state index contributed by atoms with van der Waals surface area (Å²) in [6.07, 6.45) is 18.9. The van der Waals surface area contributed by atoms with Crippen molar-refractivity contribution in [2.75, 3.05) is 50.7 Å². The number of nitrogens with zero attached hydrogens (tertiary/aromatic N) is 6. The molecule has 0 bridgehead atoms. The van der Waals surface area contributed by atoms with E-state index in [9.17, 15) is 19.2 Å². The third kappa shape index (κ3) is 12.6. The van der Waals surface area contributed by atoms with Crippen LogP contribution in [-0.4, -0.2) is 110 Å². The Morgan fingerprint density at radius 2 is 1.30 bits per heavy atom. The summed E-state index contributed by atoms with van der Waals surface area (Å²) in [5.74, 6) is -2.22. The van der Waals surface area contributed by atoms with E-state index in [-0.39, 0.29) is 56.5 Å². The molecular weight excluding hydrogens is 1180 g/mol. The summed E-state index contributed by atoms with van der Waals surface area (Å²) in [5, 5.41) is 16.4. The summed E-state index contributed by atoms with van der Waals surface area (Å²) in [4.78, 5) is 73.7. The standard InChI is InChI=1S/C40H42Cl2N6O8.C22H19ClN4O4/c1-48(2)33(19-25-11-8-17-40(34(25)48,53-22-24-9-4-3-5-10-24)54-23-28-12-6-7-18-52-28)37(49)47(31-15-13-26(41)20-29(31)35-43-38(50)55-45-35)32-16-14-27(42)21-30(32)36-44-39(51)56-46-36;1-27-17(9-13-3-2-4-18(19(13)27)30-11-12-5-6-12)21(28)24-16-8-7-14(23)10-15(16)20-25-22(29)31-26-20/h8,11,13-17,19-21,24,28,34H,3-7,9-10,12,18,22-23H2,1-2H3,(H-,43,44,45,46,50,51);2-4,7-10,12H,5-6,11H2,1H3,(H,24,28)(H,25,26,29)/p+1. The number of rotatable bonds is 17. The quantitative estimate of drug-likeness (QED) is 0.0488. The summed E-state index contributed by atoms with van der Waals surface area (Å²) in [5.41, 5.74) is 4.59. The van der Waals surface area contributed by atoms with Crippen LogP contribution in [0.2, 0.25) is 15.1 Å². The molecule has 0 radical (unpaired) electrons. The monoisotopic (exact) mass is 1240 g/mol. The number of aryl methyl sites for hydroxylation is 1. The molecule has 4 aromatic heterocycles. The number of carbonyl (C=O) groups is 2. The molecule has 1 saturated heterocycles. The molecule has 4 N–H and O–H groups in total. The van der Waals surface area contributed by atoms with Gasteiger partial charge in [0, 0.05) is 62.4 Å². The maximum Gasteiger partial charge on any atom is 0.439 e. The highest BCUT2D eigenvalue weighted by molar-refractivity contribution is 6.32. The van der Waals surface area contributed by atoms with Crippen LogP contribution < -0.4 is 32.2 Å². The number of allylic oxidation sites excluding steroid dienone is 2. The number of likely N-dealkylation sites (N-methyl/N-ethyl adjacent to an activating group) is 1. The SMILES string of the molecule is C[N+]1(C)C(C(=O)N(c2ccc(Cl)cc2-c2noc(=O)[nH]2)c2ccc(Cl)cc2-c2noc(=O)[nH]2)=CC2=CC=CC(OCC3CCCCC3)(OCC3CCCCO3)C21.Cn1c(C(=O)Nc2ccc(Cl)cc2-c2noc(=O)[nH]2)cc2cccc(OCC3CC3)c21. The zero-order valence-electron chi connectivity index (χ0n) is 47.7. The highest BCUT2D eigenvalue weighted by Gasteiger charge is 2.59. The molecule has 8 aromatic rings. The third-order valence-electron chi connectivity index (χ3n) is 16.5. The Morgan fingerprint density at radius 1 is 0.713 bits per heavy atom. The van der Waals surface area contributed by atoms with Crippen molar-refractivity contribution >= 4 is 74.6 Å². The van der Waals surface area contributed by atoms with Crippen molar-refractivity contribution in [1.82, 2.24) is 35.0 Å². The highest BCUT2D eigenvalue weighted by Crippen LogP contribution is 2.48. The van der Waals surface area contributed by atoms with Crippen LogP contribution in [0.25, 0.3) is 45.1 Å². The topological polar surface area (TPSA) is 268 Å². The number of aromatic amines is 3. The van der Waals surface area contributed by atoms with Gasteiger partial charge in [0.05, 0.1) is 62.6 Å². The molecule has 2 amide bonds. The molecule has 22 nitrogen and oxygen atoms in total. The van der Waals surface area contributed by atoms with Crippen molar-refractivity contribution in [3.05, 3.63) is 167 Å². The predicted octanol–water partition coefficient (Wildman–Crippen LogP) is 11.3. The zero-order chi connectivity index (χ0) is 60.6. The van der Waals surface area contributed by atoms with Crippen LogP contribution in [0.1, 0.15) is 74.7 Å². The number of quaternary nitrogens is 1. The number of para-hydroxylation sites is 1. The van der Waals surface area contributed by atoms with E-state index in [2.05, 4.69) is 40.3 Å². The first kappa shape index (κ1) is 59.3. The minimum Gasteiger partial charge on any atom is -0.491 e.